The molecule has 0 bridgehead atoms. The Bertz CT molecular complexity index is 506. The van der Waals surface area contributed by atoms with Gasteiger partial charge in [0, 0.05) is 32.1 Å². The third-order valence-corrected chi connectivity index (χ3v) is 3.08. The van der Waals surface area contributed by atoms with E-state index in [1.807, 2.05) is 0 Å². The van der Waals surface area contributed by atoms with Crippen molar-refractivity contribution < 1.29 is 14.5 Å². The van der Waals surface area contributed by atoms with E-state index in [2.05, 4.69) is 0 Å². The van der Waals surface area contributed by atoms with Crippen LogP contribution in [-0.2, 0) is 4.79 Å². The lowest BCUT2D eigenvalue weighted by atomic mass is 10.3. The molecule has 1 fully saturated rings. The number of likely N-dealkylation sites (N-methyl/N-ethyl adjacent to an activating group) is 1. The van der Waals surface area contributed by atoms with Crippen LogP contribution in [-0.4, -0.2) is 35.4 Å². The summed E-state index contributed by atoms with van der Waals surface area (Å²) in [6.07, 6.45) is 0.0664. The van der Waals surface area contributed by atoms with Crippen molar-refractivity contribution in [3.8, 4) is 5.75 Å². The molecular weight excluding hydrogens is 260 g/mol. The van der Waals surface area contributed by atoms with Crippen molar-refractivity contribution in [1.82, 2.24) is 4.90 Å². The number of ether oxygens (including phenoxy) is 1. The maximum atomic E-state index is 11.6. The monoisotopic (exact) mass is 270 g/mol. The van der Waals surface area contributed by atoms with Gasteiger partial charge in [-0.15, -0.1) is 0 Å². The Balaban J connectivity index is 2.14. The van der Waals surface area contributed by atoms with Crippen molar-refractivity contribution in [3.05, 3.63) is 33.3 Å². The number of likely N-dealkylation sites (tertiary alicyclic amines) is 1. The summed E-state index contributed by atoms with van der Waals surface area (Å²) in [5, 5.41) is 10.6. The standard InChI is InChI=1S/C11H11ClN2O4/c1-13-5-4-10(11(13)15)18-7-2-3-9(14(16)17)8(12)6-7/h2-3,6,10H,4-5H2,1H3. The van der Waals surface area contributed by atoms with Crippen LogP contribution in [0.2, 0.25) is 5.02 Å². The summed E-state index contributed by atoms with van der Waals surface area (Å²) in [4.78, 5) is 23.2. The van der Waals surface area contributed by atoms with Gasteiger partial charge in [0.2, 0.25) is 0 Å². The molecule has 6 nitrogen and oxygen atoms in total. The first-order valence-corrected chi connectivity index (χ1v) is 5.72. The van der Waals surface area contributed by atoms with Crippen molar-refractivity contribution in [2.45, 2.75) is 12.5 Å². The molecule has 1 saturated heterocycles. The lowest BCUT2D eigenvalue weighted by Crippen LogP contribution is -2.29. The predicted octanol–water partition coefficient (Wildman–Crippen LogP) is 1.86. The zero-order chi connectivity index (χ0) is 13.3. The topological polar surface area (TPSA) is 72.7 Å². The zero-order valence-corrected chi connectivity index (χ0v) is 10.4. The van der Waals surface area contributed by atoms with Crippen molar-refractivity contribution in [2.75, 3.05) is 13.6 Å². The lowest BCUT2D eigenvalue weighted by molar-refractivity contribution is -0.384. The first-order valence-electron chi connectivity index (χ1n) is 5.34. The van der Waals surface area contributed by atoms with Gasteiger partial charge in [0.1, 0.15) is 10.8 Å². The number of benzene rings is 1. The van der Waals surface area contributed by atoms with E-state index in [0.29, 0.717) is 18.7 Å². The van der Waals surface area contributed by atoms with E-state index < -0.39 is 11.0 Å². The van der Waals surface area contributed by atoms with Crippen LogP contribution in [0.15, 0.2) is 18.2 Å². The van der Waals surface area contributed by atoms with Gasteiger partial charge in [-0.2, -0.15) is 0 Å². The number of nitrogens with zero attached hydrogens (tertiary/aromatic N) is 2. The smallest absolute Gasteiger partial charge is 0.288 e. The van der Waals surface area contributed by atoms with Crippen LogP contribution in [0.4, 0.5) is 5.69 Å². The lowest BCUT2D eigenvalue weighted by Gasteiger charge is -2.12. The van der Waals surface area contributed by atoms with Crippen molar-refractivity contribution in [3.63, 3.8) is 0 Å². The molecule has 1 aliphatic heterocycles. The summed E-state index contributed by atoms with van der Waals surface area (Å²) < 4.78 is 5.48. The number of nitro groups is 1. The van der Waals surface area contributed by atoms with Crippen LogP contribution in [0.3, 0.4) is 0 Å². The van der Waals surface area contributed by atoms with Gasteiger partial charge in [0.25, 0.3) is 11.6 Å². The highest BCUT2D eigenvalue weighted by Gasteiger charge is 2.31. The average Bonchev–Trinajstić information content (AvgIpc) is 2.61. The normalized spacial score (nSPS) is 19.1. The van der Waals surface area contributed by atoms with E-state index in [0.717, 1.165) is 0 Å². The highest BCUT2D eigenvalue weighted by Crippen LogP contribution is 2.29. The maximum absolute atomic E-state index is 11.6. The molecule has 0 spiro atoms. The van der Waals surface area contributed by atoms with Gasteiger partial charge < -0.3 is 9.64 Å². The van der Waals surface area contributed by atoms with Crippen molar-refractivity contribution in [1.29, 1.82) is 0 Å². The number of carbonyl (C=O) groups is 1. The summed E-state index contributed by atoms with van der Waals surface area (Å²) in [6, 6.07) is 4.06. The molecule has 1 aromatic carbocycles. The molecule has 0 saturated carbocycles. The van der Waals surface area contributed by atoms with Crippen LogP contribution in [0, 0.1) is 10.1 Å². The van der Waals surface area contributed by atoms with Gasteiger partial charge in [0.05, 0.1) is 4.92 Å². The number of rotatable bonds is 3. The minimum absolute atomic E-state index is 0.00343. The summed E-state index contributed by atoms with van der Waals surface area (Å²) >= 11 is 5.76. The predicted molar refractivity (Wildman–Crippen MR) is 64.8 cm³/mol. The Morgan fingerprint density at radius 3 is 2.78 bits per heavy atom. The maximum Gasteiger partial charge on any atom is 0.288 e. The van der Waals surface area contributed by atoms with Gasteiger partial charge in [-0.25, -0.2) is 0 Å². The molecule has 2 rings (SSSR count). The molecule has 1 atom stereocenters. The Hall–Kier alpha value is -1.82. The average molecular weight is 271 g/mol. The molecule has 18 heavy (non-hydrogen) atoms. The second kappa shape index (κ2) is 4.81. The van der Waals surface area contributed by atoms with Crippen LogP contribution in [0.5, 0.6) is 5.75 Å². The third-order valence-electron chi connectivity index (χ3n) is 2.77. The van der Waals surface area contributed by atoms with Gasteiger partial charge in [0.15, 0.2) is 6.10 Å². The SMILES string of the molecule is CN1CCC(Oc2ccc([N+](=O)[O-])c(Cl)c2)C1=O. The van der Waals surface area contributed by atoms with Crippen molar-refractivity contribution >= 4 is 23.2 Å². The number of halogens is 1. The second-order valence-electron chi connectivity index (χ2n) is 4.03. The first-order chi connectivity index (χ1) is 8.49. The molecule has 1 amide bonds. The molecule has 1 aliphatic rings. The fourth-order valence-corrected chi connectivity index (χ4v) is 2.01. The summed E-state index contributed by atoms with van der Waals surface area (Å²) in [6.45, 7) is 0.643. The summed E-state index contributed by atoms with van der Waals surface area (Å²) in [5.41, 5.74) is -0.182. The fourth-order valence-electron chi connectivity index (χ4n) is 1.77. The van der Waals surface area contributed by atoms with E-state index in [9.17, 15) is 14.9 Å². The van der Waals surface area contributed by atoms with Crippen LogP contribution < -0.4 is 4.74 Å². The number of carbonyl (C=O) groups excluding carboxylic acids is 1. The Labute approximate surface area is 108 Å². The van der Waals surface area contributed by atoms with Gasteiger partial charge >= 0.3 is 0 Å². The Kier molecular flexibility index (Phi) is 3.38. The first kappa shape index (κ1) is 12.6. The molecular formula is C11H11ClN2O4. The number of hydrogen-bond acceptors (Lipinski definition) is 4. The minimum atomic E-state index is -0.569. The summed E-state index contributed by atoms with van der Waals surface area (Å²) in [7, 11) is 1.70. The molecule has 1 unspecified atom stereocenters. The molecule has 96 valence electrons. The van der Waals surface area contributed by atoms with Gasteiger partial charge in [-0.1, -0.05) is 11.6 Å². The highest BCUT2D eigenvalue weighted by atomic mass is 35.5. The number of hydrogen-bond donors (Lipinski definition) is 0. The Morgan fingerprint density at radius 1 is 1.56 bits per heavy atom. The second-order valence-corrected chi connectivity index (χ2v) is 4.43. The molecule has 1 aromatic rings. The summed E-state index contributed by atoms with van der Waals surface area (Å²) in [5.74, 6) is 0.267. The van der Waals surface area contributed by atoms with Crippen LogP contribution in [0.25, 0.3) is 0 Å². The molecule has 1 heterocycles. The molecule has 0 aromatic heterocycles. The fraction of sp³-hybridized carbons (Fsp3) is 0.364. The molecule has 7 heteroatoms. The van der Waals surface area contributed by atoms with Gasteiger partial charge in [-0.05, 0) is 6.07 Å². The van der Waals surface area contributed by atoms with Crippen LogP contribution >= 0.6 is 11.6 Å². The molecule has 0 N–H and O–H groups in total. The third kappa shape index (κ3) is 2.38. The molecule has 0 radical (unpaired) electrons. The van der Waals surface area contributed by atoms with E-state index in [1.54, 1.807) is 11.9 Å². The van der Waals surface area contributed by atoms with Crippen LogP contribution in [0.1, 0.15) is 6.42 Å². The molecule has 0 aliphatic carbocycles. The zero-order valence-electron chi connectivity index (χ0n) is 9.63. The Morgan fingerprint density at radius 2 is 2.28 bits per heavy atom. The number of amides is 1. The van der Waals surface area contributed by atoms with E-state index in [-0.39, 0.29) is 16.6 Å². The van der Waals surface area contributed by atoms with Crippen molar-refractivity contribution in [2.24, 2.45) is 0 Å². The minimum Gasteiger partial charge on any atom is -0.480 e. The largest absolute Gasteiger partial charge is 0.480 e. The van der Waals surface area contributed by atoms with E-state index >= 15 is 0 Å². The quantitative estimate of drug-likeness (QED) is 0.621. The number of nitro benzene ring substituents is 1. The van der Waals surface area contributed by atoms with E-state index in [1.165, 1.54) is 18.2 Å². The van der Waals surface area contributed by atoms with Gasteiger partial charge in [-0.3, -0.25) is 14.9 Å². The van der Waals surface area contributed by atoms with E-state index in [4.69, 9.17) is 16.3 Å². The highest BCUT2D eigenvalue weighted by molar-refractivity contribution is 6.32.